The van der Waals surface area contributed by atoms with Gasteiger partial charge in [-0.3, -0.25) is 0 Å². The zero-order chi connectivity index (χ0) is 10.7. The molecule has 5 heteroatoms. The molecule has 0 atom stereocenters. The second-order valence-corrected chi connectivity index (χ2v) is 5.03. The largest absolute Gasteiger partial charge is 0.330 e. The fourth-order valence-corrected chi connectivity index (χ4v) is 2.47. The van der Waals surface area contributed by atoms with E-state index in [0.29, 0.717) is 6.54 Å². The Morgan fingerprint density at radius 1 is 1.33 bits per heavy atom. The lowest BCUT2D eigenvalue weighted by atomic mass is 10.2. The van der Waals surface area contributed by atoms with E-state index in [9.17, 15) is 0 Å². The first-order chi connectivity index (χ1) is 7.29. The van der Waals surface area contributed by atoms with E-state index in [0.717, 1.165) is 26.5 Å². The number of benzene rings is 1. The second-order valence-electron chi connectivity index (χ2n) is 3.05. The van der Waals surface area contributed by atoms with Gasteiger partial charge in [0.25, 0.3) is 0 Å². The Kier molecular flexibility index (Phi) is 3.45. The average Bonchev–Trinajstić information content (AvgIpc) is 2.67. The summed E-state index contributed by atoms with van der Waals surface area (Å²) in [6.45, 7) is 0.618. The first-order valence-electron chi connectivity index (χ1n) is 4.58. The molecule has 2 aromatic rings. The van der Waals surface area contributed by atoms with Crippen molar-refractivity contribution in [1.82, 2.24) is 10.2 Å². The molecular weight excluding hydrogens is 274 g/mol. The molecule has 1 aromatic heterocycles. The summed E-state index contributed by atoms with van der Waals surface area (Å²) < 4.78 is 1.05. The van der Waals surface area contributed by atoms with Crippen molar-refractivity contribution in [3.8, 4) is 10.6 Å². The van der Waals surface area contributed by atoms with Crippen LogP contribution in [-0.2, 0) is 6.42 Å². The monoisotopic (exact) mass is 283 g/mol. The number of hydrogen-bond donors (Lipinski definition) is 1. The molecule has 0 aliphatic heterocycles. The van der Waals surface area contributed by atoms with Crippen LogP contribution in [0.5, 0.6) is 0 Å². The van der Waals surface area contributed by atoms with E-state index in [4.69, 9.17) is 5.73 Å². The predicted octanol–water partition coefficient (Wildman–Crippen LogP) is 2.47. The van der Waals surface area contributed by atoms with Crippen molar-refractivity contribution < 1.29 is 0 Å². The summed E-state index contributed by atoms with van der Waals surface area (Å²) in [7, 11) is 0. The molecule has 0 aliphatic carbocycles. The predicted molar refractivity (Wildman–Crippen MR) is 65.8 cm³/mol. The lowest BCUT2D eigenvalue weighted by molar-refractivity contribution is 0.913. The van der Waals surface area contributed by atoms with Crippen LogP contribution < -0.4 is 5.73 Å². The fourth-order valence-electron chi connectivity index (χ4n) is 1.22. The Morgan fingerprint density at radius 3 is 2.93 bits per heavy atom. The first-order valence-corrected chi connectivity index (χ1v) is 6.19. The molecule has 15 heavy (non-hydrogen) atoms. The minimum atomic E-state index is 0.618. The molecule has 0 saturated heterocycles. The summed E-state index contributed by atoms with van der Waals surface area (Å²) in [5, 5.41) is 10.2. The quantitative estimate of drug-likeness (QED) is 0.942. The number of hydrogen-bond acceptors (Lipinski definition) is 4. The van der Waals surface area contributed by atoms with Crippen molar-refractivity contribution >= 4 is 27.3 Å². The van der Waals surface area contributed by atoms with Crippen LogP contribution in [0, 0.1) is 0 Å². The minimum absolute atomic E-state index is 0.618. The Hall–Kier alpha value is -0.780. The van der Waals surface area contributed by atoms with Crippen molar-refractivity contribution in [3.63, 3.8) is 0 Å². The van der Waals surface area contributed by atoms with Crippen molar-refractivity contribution in [3.05, 3.63) is 33.7 Å². The molecule has 0 unspecified atom stereocenters. The highest BCUT2D eigenvalue weighted by molar-refractivity contribution is 9.10. The molecular formula is C10H10BrN3S. The van der Waals surface area contributed by atoms with Crippen LogP contribution in [-0.4, -0.2) is 16.7 Å². The molecule has 1 heterocycles. The van der Waals surface area contributed by atoms with Gasteiger partial charge in [0.2, 0.25) is 0 Å². The summed E-state index contributed by atoms with van der Waals surface area (Å²) >= 11 is 5.03. The van der Waals surface area contributed by atoms with Gasteiger partial charge in [0, 0.05) is 16.5 Å². The summed E-state index contributed by atoms with van der Waals surface area (Å²) in [6, 6.07) is 8.04. The normalized spacial score (nSPS) is 10.5. The van der Waals surface area contributed by atoms with Crippen LogP contribution in [0.3, 0.4) is 0 Å². The Bertz CT molecular complexity index is 455. The number of nitrogens with two attached hydrogens (primary N) is 1. The Morgan fingerprint density at radius 2 is 2.20 bits per heavy atom. The van der Waals surface area contributed by atoms with E-state index in [2.05, 4.69) is 26.1 Å². The third-order valence-electron chi connectivity index (χ3n) is 1.90. The molecule has 0 saturated carbocycles. The number of aromatic nitrogens is 2. The number of nitrogens with zero attached hydrogens (tertiary/aromatic N) is 2. The van der Waals surface area contributed by atoms with E-state index in [1.165, 1.54) is 0 Å². The molecule has 0 radical (unpaired) electrons. The van der Waals surface area contributed by atoms with Crippen LogP contribution in [0.4, 0.5) is 0 Å². The minimum Gasteiger partial charge on any atom is -0.330 e. The van der Waals surface area contributed by atoms with E-state index < -0.39 is 0 Å². The van der Waals surface area contributed by atoms with Gasteiger partial charge in [-0.15, -0.1) is 10.2 Å². The third kappa shape index (κ3) is 2.62. The van der Waals surface area contributed by atoms with Crippen LogP contribution in [0.15, 0.2) is 28.7 Å². The molecule has 0 aliphatic rings. The van der Waals surface area contributed by atoms with Crippen molar-refractivity contribution in [2.45, 2.75) is 6.42 Å². The van der Waals surface area contributed by atoms with E-state index in [1.54, 1.807) is 11.3 Å². The maximum absolute atomic E-state index is 5.46. The van der Waals surface area contributed by atoms with Crippen LogP contribution >= 0.6 is 27.3 Å². The molecule has 3 nitrogen and oxygen atoms in total. The molecule has 2 N–H and O–H groups in total. The highest BCUT2D eigenvalue weighted by Gasteiger charge is 2.05. The zero-order valence-electron chi connectivity index (χ0n) is 7.98. The van der Waals surface area contributed by atoms with Gasteiger partial charge in [-0.1, -0.05) is 39.4 Å². The third-order valence-corrected chi connectivity index (χ3v) is 3.42. The van der Waals surface area contributed by atoms with Crippen molar-refractivity contribution in [1.29, 1.82) is 0 Å². The smallest absolute Gasteiger partial charge is 0.147 e. The van der Waals surface area contributed by atoms with E-state index in [-0.39, 0.29) is 0 Å². The van der Waals surface area contributed by atoms with Gasteiger partial charge in [0.05, 0.1) is 0 Å². The Balaban J connectivity index is 2.29. The highest BCUT2D eigenvalue weighted by Crippen LogP contribution is 2.25. The van der Waals surface area contributed by atoms with Gasteiger partial charge in [0.1, 0.15) is 10.0 Å². The maximum atomic E-state index is 5.46. The maximum Gasteiger partial charge on any atom is 0.147 e. The van der Waals surface area contributed by atoms with Crippen molar-refractivity contribution in [2.75, 3.05) is 6.54 Å². The molecule has 0 fully saturated rings. The van der Waals surface area contributed by atoms with Gasteiger partial charge in [-0.05, 0) is 18.7 Å². The highest BCUT2D eigenvalue weighted by atomic mass is 79.9. The summed E-state index contributed by atoms with van der Waals surface area (Å²) in [4.78, 5) is 0. The molecule has 1 aromatic carbocycles. The molecule has 2 rings (SSSR count). The SMILES string of the molecule is NCCc1nnc(-c2cccc(Br)c2)s1. The van der Waals surface area contributed by atoms with Crippen LogP contribution in [0.25, 0.3) is 10.6 Å². The van der Waals surface area contributed by atoms with Gasteiger partial charge in [-0.25, -0.2) is 0 Å². The number of rotatable bonds is 3. The summed E-state index contributed by atoms with van der Waals surface area (Å²) in [5.74, 6) is 0. The topological polar surface area (TPSA) is 51.8 Å². The van der Waals surface area contributed by atoms with E-state index >= 15 is 0 Å². The number of halogens is 1. The molecule has 0 bridgehead atoms. The van der Waals surface area contributed by atoms with Crippen LogP contribution in [0.2, 0.25) is 0 Å². The molecule has 0 spiro atoms. The summed E-state index contributed by atoms with van der Waals surface area (Å²) in [6.07, 6.45) is 0.797. The Labute approximate surface area is 100 Å². The fraction of sp³-hybridized carbons (Fsp3) is 0.200. The van der Waals surface area contributed by atoms with E-state index in [1.807, 2.05) is 24.3 Å². The van der Waals surface area contributed by atoms with Crippen LogP contribution in [0.1, 0.15) is 5.01 Å². The average molecular weight is 284 g/mol. The van der Waals surface area contributed by atoms with Gasteiger partial charge in [-0.2, -0.15) is 0 Å². The zero-order valence-corrected chi connectivity index (χ0v) is 10.4. The van der Waals surface area contributed by atoms with Gasteiger partial charge in [0.15, 0.2) is 0 Å². The summed E-state index contributed by atoms with van der Waals surface area (Å²) in [5.41, 5.74) is 6.55. The van der Waals surface area contributed by atoms with Crippen molar-refractivity contribution in [2.24, 2.45) is 5.73 Å². The lowest BCUT2D eigenvalue weighted by Gasteiger charge is -1.94. The standard InChI is InChI=1S/C10H10BrN3S/c11-8-3-1-2-7(6-8)10-14-13-9(15-10)4-5-12/h1-3,6H,4-5,12H2. The second kappa shape index (κ2) is 4.83. The molecule has 0 amide bonds. The van der Waals surface area contributed by atoms with Gasteiger partial charge < -0.3 is 5.73 Å². The lowest BCUT2D eigenvalue weighted by Crippen LogP contribution is -2.01. The molecule has 78 valence electrons. The first kappa shape index (κ1) is 10.7. The van der Waals surface area contributed by atoms with Gasteiger partial charge >= 0.3 is 0 Å².